The van der Waals surface area contributed by atoms with Gasteiger partial charge in [0.25, 0.3) is 5.91 Å². The summed E-state index contributed by atoms with van der Waals surface area (Å²) < 4.78 is 45.9. The van der Waals surface area contributed by atoms with Gasteiger partial charge in [-0.3, -0.25) is 4.79 Å². The number of nitrogens with zero attached hydrogens (tertiary/aromatic N) is 1. The summed E-state index contributed by atoms with van der Waals surface area (Å²) in [5.74, 6) is 0.112. The minimum Gasteiger partial charge on any atom is -0.487 e. The predicted octanol–water partition coefficient (Wildman–Crippen LogP) is 7.52. The standard InChI is InChI=1S/C27H20Br2F3N3O2/c28-23-11-17(14-34-35-25(36)15-33-21-9-4-8-20(13-21)27(30,31)32)12-24(29)26(23)37-16-19-7-3-6-18-5-1-2-10-22(18)19/h1-14,33H,15-16H2,(H,35,36)/b34-14-. The largest absolute Gasteiger partial charge is 0.487 e. The Hall–Kier alpha value is -3.37. The molecule has 4 rings (SSSR count). The molecule has 190 valence electrons. The average Bonchev–Trinajstić information content (AvgIpc) is 2.87. The number of carbonyl (C=O) groups is 1. The van der Waals surface area contributed by atoms with Crippen LogP contribution in [0.25, 0.3) is 10.8 Å². The molecule has 10 heteroatoms. The maximum atomic E-state index is 12.8. The van der Waals surface area contributed by atoms with Gasteiger partial charge in [-0.1, -0.05) is 48.5 Å². The van der Waals surface area contributed by atoms with Gasteiger partial charge < -0.3 is 10.1 Å². The first-order chi connectivity index (χ1) is 17.7. The molecule has 5 nitrogen and oxygen atoms in total. The van der Waals surface area contributed by atoms with E-state index >= 15 is 0 Å². The number of ether oxygens (including phenoxy) is 1. The summed E-state index contributed by atoms with van der Waals surface area (Å²) >= 11 is 7.04. The number of hydrogen-bond donors (Lipinski definition) is 2. The van der Waals surface area contributed by atoms with Gasteiger partial charge in [0.15, 0.2) is 0 Å². The van der Waals surface area contributed by atoms with Crippen LogP contribution in [0, 0.1) is 0 Å². The molecular formula is C27H20Br2F3N3O2. The van der Waals surface area contributed by atoms with Crippen LogP contribution in [0.2, 0.25) is 0 Å². The number of hydrazone groups is 1. The first kappa shape index (κ1) is 26.7. The zero-order valence-corrected chi connectivity index (χ0v) is 22.3. The molecule has 2 N–H and O–H groups in total. The Morgan fingerprint density at radius 3 is 2.41 bits per heavy atom. The third-order valence-corrected chi connectivity index (χ3v) is 6.50. The van der Waals surface area contributed by atoms with Crippen molar-refractivity contribution in [2.45, 2.75) is 12.8 Å². The van der Waals surface area contributed by atoms with Crippen LogP contribution in [0.4, 0.5) is 18.9 Å². The Labute approximate surface area is 228 Å². The summed E-state index contributed by atoms with van der Waals surface area (Å²) in [7, 11) is 0. The first-order valence-electron chi connectivity index (χ1n) is 11.0. The number of alkyl halides is 3. The maximum Gasteiger partial charge on any atom is 0.416 e. The summed E-state index contributed by atoms with van der Waals surface area (Å²) in [5.41, 5.74) is 3.48. The minimum atomic E-state index is -4.46. The second-order valence-corrected chi connectivity index (χ2v) is 9.67. The molecule has 0 fully saturated rings. The highest BCUT2D eigenvalue weighted by Gasteiger charge is 2.30. The van der Waals surface area contributed by atoms with Gasteiger partial charge in [-0.05, 0) is 84.1 Å². The van der Waals surface area contributed by atoms with Crippen LogP contribution >= 0.6 is 31.9 Å². The third-order valence-electron chi connectivity index (χ3n) is 5.32. The van der Waals surface area contributed by atoms with Crippen molar-refractivity contribution in [1.82, 2.24) is 5.43 Å². The zero-order chi connectivity index (χ0) is 26.4. The topological polar surface area (TPSA) is 62.7 Å². The average molecular weight is 635 g/mol. The van der Waals surface area contributed by atoms with Gasteiger partial charge in [-0.25, -0.2) is 5.43 Å². The van der Waals surface area contributed by atoms with E-state index in [-0.39, 0.29) is 12.2 Å². The van der Waals surface area contributed by atoms with E-state index in [9.17, 15) is 18.0 Å². The van der Waals surface area contributed by atoms with Crippen LogP contribution in [-0.4, -0.2) is 18.7 Å². The molecule has 0 atom stereocenters. The molecule has 0 heterocycles. The lowest BCUT2D eigenvalue weighted by Crippen LogP contribution is -2.26. The molecule has 0 aliphatic heterocycles. The molecule has 1 amide bonds. The van der Waals surface area contributed by atoms with E-state index in [2.05, 4.69) is 65.9 Å². The van der Waals surface area contributed by atoms with Crippen molar-refractivity contribution >= 4 is 60.4 Å². The van der Waals surface area contributed by atoms with Crippen molar-refractivity contribution in [3.8, 4) is 5.75 Å². The normalized spacial score (nSPS) is 11.6. The third kappa shape index (κ3) is 7.11. The zero-order valence-electron chi connectivity index (χ0n) is 19.2. The second kappa shape index (κ2) is 11.8. The molecule has 0 unspecified atom stereocenters. The smallest absolute Gasteiger partial charge is 0.416 e. The summed E-state index contributed by atoms with van der Waals surface area (Å²) in [6, 6.07) is 22.4. The fourth-order valence-electron chi connectivity index (χ4n) is 3.57. The number of carbonyl (C=O) groups excluding carboxylic acids is 1. The van der Waals surface area contributed by atoms with E-state index in [1.165, 1.54) is 18.3 Å². The molecule has 0 saturated heterocycles. The lowest BCUT2D eigenvalue weighted by Gasteiger charge is -2.13. The van der Waals surface area contributed by atoms with Crippen LogP contribution in [0.15, 0.2) is 92.9 Å². The summed E-state index contributed by atoms with van der Waals surface area (Å²) in [5, 5.41) is 8.84. The summed E-state index contributed by atoms with van der Waals surface area (Å²) in [6.45, 7) is 0.133. The number of benzene rings is 4. The highest BCUT2D eigenvalue weighted by molar-refractivity contribution is 9.11. The highest BCUT2D eigenvalue weighted by Crippen LogP contribution is 2.35. The van der Waals surface area contributed by atoms with Gasteiger partial charge in [-0.2, -0.15) is 18.3 Å². The summed E-state index contributed by atoms with van der Waals surface area (Å²) in [4.78, 5) is 12.0. The lowest BCUT2D eigenvalue weighted by molar-refractivity contribution is -0.137. The molecule has 0 saturated carbocycles. The number of rotatable bonds is 8. The molecule has 4 aromatic carbocycles. The second-order valence-electron chi connectivity index (χ2n) is 7.97. The monoisotopic (exact) mass is 633 g/mol. The van der Waals surface area contributed by atoms with Gasteiger partial charge in [0.1, 0.15) is 12.4 Å². The van der Waals surface area contributed by atoms with Gasteiger partial charge in [0.2, 0.25) is 0 Å². The van der Waals surface area contributed by atoms with E-state index in [4.69, 9.17) is 4.74 Å². The van der Waals surface area contributed by atoms with Crippen LogP contribution in [0.3, 0.4) is 0 Å². The molecular weight excluding hydrogens is 615 g/mol. The van der Waals surface area contributed by atoms with Crippen molar-refractivity contribution in [3.63, 3.8) is 0 Å². The number of anilines is 1. The minimum absolute atomic E-state index is 0.181. The van der Waals surface area contributed by atoms with Gasteiger partial charge in [-0.15, -0.1) is 0 Å². The lowest BCUT2D eigenvalue weighted by atomic mass is 10.1. The van der Waals surface area contributed by atoms with Crippen LogP contribution in [0.1, 0.15) is 16.7 Å². The highest BCUT2D eigenvalue weighted by atomic mass is 79.9. The molecule has 4 aromatic rings. The van der Waals surface area contributed by atoms with Crippen molar-refractivity contribution in [2.24, 2.45) is 5.10 Å². The molecule has 0 bridgehead atoms. The Morgan fingerprint density at radius 1 is 0.946 bits per heavy atom. The number of hydrogen-bond acceptors (Lipinski definition) is 4. The van der Waals surface area contributed by atoms with Crippen molar-refractivity contribution in [3.05, 3.63) is 104 Å². The number of halogens is 5. The SMILES string of the molecule is O=C(CNc1cccc(C(F)(F)F)c1)N/N=C\c1cc(Br)c(OCc2cccc3ccccc23)c(Br)c1. The van der Waals surface area contributed by atoms with E-state index < -0.39 is 17.6 Å². The van der Waals surface area contributed by atoms with Crippen LogP contribution in [-0.2, 0) is 17.6 Å². The Kier molecular flexibility index (Phi) is 8.50. The van der Waals surface area contributed by atoms with E-state index in [1.54, 1.807) is 12.1 Å². The van der Waals surface area contributed by atoms with Gasteiger partial charge in [0.05, 0.1) is 27.3 Å². The van der Waals surface area contributed by atoms with Crippen LogP contribution < -0.4 is 15.5 Å². The molecule has 37 heavy (non-hydrogen) atoms. The molecule has 0 aliphatic carbocycles. The molecule has 0 aromatic heterocycles. The number of fused-ring (bicyclic) bond motifs is 1. The number of amides is 1. The molecule has 0 spiro atoms. The van der Waals surface area contributed by atoms with Gasteiger partial charge in [0, 0.05) is 5.69 Å². The first-order valence-corrected chi connectivity index (χ1v) is 12.6. The van der Waals surface area contributed by atoms with Gasteiger partial charge >= 0.3 is 6.18 Å². The Bertz CT molecular complexity index is 1430. The molecule has 0 radical (unpaired) electrons. The fraction of sp³-hybridized carbons (Fsp3) is 0.111. The number of nitrogens with one attached hydrogen (secondary N) is 2. The van der Waals surface area contributed by atoms with Crippen LogP contribution in [0.5, 0.6) is 5.75 Å². The van der Waals surface area contributed by atoms with Crippen molar-refractivity contribution in [1.29, 1.82) is 0 Å². The van der Waals surface area contributed by atoms with E-state index in [0.717, 1.165) is 28.5 Å². The summed E-state index contributed by atoms with van der Waals surface area (Å²) in [6.07, 6.45) is -3.00. The van der Waals surface area contributed by atoms with Crippen molar-refractivity contribution in [2.75, 3.05) is 11.9 Å². The van der Waals surface area contributed by atoms with E-state index in [1.807, 2.05) is 24.3 Å². The molecule has 0 aliphatic rings. The quantitative estimate of drug-likeness (QED) is 0.156. The van der Waals surface area contributed by atoms with Crippen molar-refractivity contribution < 1.29 is 22.7 Å². The Morgan fingerprint density at radius 2 is 1.65 bits per heavy atom. The maximum absolute atomic E-state index is 12.8. The predicted molar refractivity (Wildman–Crippen MR) is 146 cm³/mol. The fourth-order valence-corrected chi connectivity index (χ4v) is 5.02. The van der Waals surface area contributed by atoms with E-state index in [0.29, 0.717) is 26.9 Å². The Balaban J connectivity index is 1.33.